The van der Waals surface area contributed by atoms with Crippen molar-refractivity contribution in [3.63, 3.8) is 0 Å². The summed E-state index contributed by atoms with van der Waals surface area (Å²) in [7, 11) is 1.19. The standard InChI is InChI=1S/C7H13N2O3P/c1-12-13(2)4-3-5-6(10)9-7(11)8-5/h5H,3-4H2,1-2H3,(H2,8,9,10,11). The molecule has 0 saturated carbocycles. The van der Waals surface area contributed by atoms with Gasteiger partial charge in [-0.2, -0.15) is 0 Å². The normalized spacial score (nSPS) is 24.0. The van der Waals surface area contributed by atoms with E-state index in [-0.39, 0.29) is 11.9 Å². The van der Waals surface area contributed by atoms with Crippen LogP contribution in [0.3, 0.4) is 0 Å². The lowest BCUT2D eigenvalue weighted by Gasteiger charge is -2.11. The second-order valence-electron chi connectivity index (χ2n) is 2.84. The zero-order valence-corrected chi connectivity index (χ0v) is 8.56. The fourth-order valence-corrected chi connectivity index (χ4v) is 1.87. The highest BCUT2D eigenvalue weighted by atomic mass is 31.1. The molecule has 6 heteroatoms. The predicted octanol–water partition coefficient (Wildman–Crippen LogP) is 0.258. The minimum absolute atomic E-state index is 0.232. The number of urea groups is 1. The van der Waals surface area contributed by atoms with Crippen LogP contribution >= 0.6 is 8.15 Å². The number of carbonyl (C=O) groups is 2. The lowest BCUT2D eigenvalue weighted by atomic mass is 10.2. The van der Waals surface area contributed by atoms with E-state index in [1.54, 1.807) is 7.11 Å². The van der Waals surface area contributed by atoms with E-state index in [9.17, 15) is 9.59 Å². The average molecular weight is 204 g/mol. The summed E-state index contributed by atoms with van der Waals surface area (Å²) >= 11 is 0. The molecule has 0 spiro atoms. The van der Waals surface area contributed by atoms with E-state index in [4.69, 9.17) is 4.52 Å². The predicted molar refractivity (Wildman–Crippen MR) is 49.8 cm³/mol. The number of rotatable bonds is 4. The van der Waals surface area contributed by atoms with Gasteiger partial charge in [-0.15, -0.1) is 0 Å². The quantitative estimate of drug-likeness (QED) is 0.509. The Hall–Kier alpha value is -0.670. The fraction of sp³-hybridized carbons (Fsp3) is 0.714. The maximum absolute atomic E-state index is 11.1. The van der Waals surface area contributed by atoms with Gasteiger partial charge in [0.15, 0.2) is 0 Å². The number of amides is 3. The van der Waals surface area contributed by atoms with Crippen LogP contribution < -0.4 is 10.6 Å². The number of imide groups is 1. The SMILES string of the molecule is COP(C)CCC1NC(=O)NC1=O. The van der Waals surface area contributed by atoms with Crippen molar-refractivity contribution in [2.45, 2.75) is 12.5 Å². The molecular formula is C7H13N2O3P. The number of hydrogen-bond acceptors (Lipinski definition) is 3. The smallest absolute Gasteiger partial charge is 0.322 e. The summed E-state index contributed by atoms with van der Waals surface area (Å²) < 4.78 is 5.09. The maximum atomic E-state index is 11.1. The molecule has 0 aliphatic carbocycles. The third kappa shape index (κ3) is 2.94. The first-order valence-electron chi connectivity index (χ1n) is 4.00. The molecule has 0 aromatic heterocycles. The third-order valence-electron chi connectivity index (χ3n) is 1.90. The van der Waals surface area contributed by atoms with Crippen molar-refractivity contribution in [3.05, 3.63) is 0 Å². The molecule has 74 valence electrons. The summed E-state index contributed by atoms with van der Waals surface area (Å²) in [4.78, 5) is 21.8. The van der Waals surface area contributed by atoms with Crippen molar-refractivity contribution in [1.29, 1.82) is 0 Å². The molecule has 0 aromatic rings. The molecule has 1 rings (SSSR count). The van der Waals surface area contributed by atoms with Crippen LogP contribution in [0.1, 0.15) is 6.42 Å². The third-order valence-corrected chi connectivity index (χ3v) is 3.41. The van der Waals surface area contributed by atoms with Gasteiger partial charge in [0.25, 0.3) is 5.91 Å². The minimum atomic E-state index is -0.459. The molecule has 1 fully saturated rings. The molecule has 1 aliphatic rings. The van der Waals surface area contributed by atoms with E-state index in [2.05, 4.69) is 10.6 Å². The molecule has 2 atom stereocenters. The Balaban J connectivity index is 2.29. The summed E-state index contributed by atoms with van der Waals surface area (Å²) in [6.45, 7) is 1.99. The first-order valence-corrected chi connectivity index (χ1v) is 5.89. The van der Waals surface area contributed by atoms with Crippen LogP contribution in [-0.4, -0.2) is 37.9 Å². The Morgan fingerprint density at radius 3 is 2.69 bits per heavy atom. The van der Waals surface area contributed by atoms with E-state index in [0.717, 1.165) is 6.16 Å². The molecule has 2 unspecified atom stereocenters. The topological polar surface area (TPSA) is 67.4 Å². The first kappa shape index (κ1) is 10.4. The molecule has 0 radical (unpaired) electrons. The van der Waals surface area contributed by atoms with Gasteiger partial charge in [0.05, 0.1) is 0 Å². The Bertz CT molecular complexity index is 222. The second kappa shape index (κ2) is 4.53. The van der Waals surface area contributed by atoms with Gasteiger partial charge < -0.3 is 9.84 Å². The van der Waals surface area contributed by atoms with Gasteiger partial charge in [-0.1, -0.05) is 0 Å². The van der Waals surface area contributed by atoms with Gasteiger partial charge in [-0.3, -0.25) is 10.1 Å². The largest absolute Gasteiger partial charge is 0.363 e. The van der Waals surface area contributed by atoms with Crippen molar-refractivity contribution in [1.82, 2.24) is 10.6 Å². The van der Waals surface area contributed by atoms with Crippen LogP contribution in [0.2, 0.25) is 0 Å². The lowest BCUT2D eigenvalue weighted by molar-refractivity contribution is -0.120. The van der Waals surface area contributed by atoms with Gasteiger partial charge in [-0.05, 0) is 19.2 Å². The highest BCUT2D eigenvalue weighted by molar-refractivity contribution is 7.51. The van der Waals surface area contributed by atoms with Crippen LogP contribution in [0, 0.1) is 0 Å². The lowest BCUT2D eigenvalue weighted by Crippen LogP contribution is -2.29. The van der Waals surface area contributed by atoms with Crippen molar-refractivity contribution < 1.29 is 14.1 Å². The van der Waals surface area contributed by atoms with Crippen molar-refractivity contribution in [2.75, 3.05) is 19.9 Å². The van der Waals surface area contributed by atoms with Gasteiger partial charge in [0.1, 0.15) is 6.04 Å². The average Bonchev–Trinajstić information content (AvgIpc) is 2.41. The zero-order chi connectivity index (χ0) is 9.84. The van der Waals surface area contributed by atoms with Gasteiger partial charge in [0.2, 0.25) is 0 Å². The first-order chi connectivity index (χ1) is 6.13. The maximum Gasteiger partial charge on any atom is 0.322 e. The molecule has 1 aliphatic heterocycles. The molecule has 1 heterocycles. The van der Waals surface area contributed by atoms with Crippen LogP contribution in [0.15, 0.2) is 0 Å². The molecule has 13 heavy (non-hydrogen) atoms. The highest BCUT2D eigenvalue weighted by Gasteiger charge is 2.29. The monoisotopic (exact) mass is 204 g/mol. The molecular weight excluding hydrogens is 191 g/mol. The molecule has 5 nitrogen and oxygen atoms in total. The number of nitrogens with one attached hydrogen (secondary N) is 2. The van der Waals surface area contributed by atoms with E-state index in [1.165, 1.54) is 0 Å². The van der Waals surface area contributed by atoms with Crippen LogP contribution in [0.25, 0.3) is 0 Å². The molecule has 0 bridgehead atoms. The fourth-order valence-electron chi connectivity index (χ4n) is 1.06. The Morgan fingerprint density at radius 2 is 2.23 bits per heavy atom. The summed E-state index contributed by atoms with van der Waals surface area (Å²) in [6.07, 6.45) is 1.47. The van der Waals surface area contributed by atoms with Crippen molar-refractivity contribution >= 4 is 20.1 Å². The van der Waals surface area contributed by atoms with Crippen LogP contribution in [0.5, 0.6) is 0 Å². The summed E-state index contributed by atoms with van der Waals surface area (Å²) in [5, 5.41) is 4.72. The summed E-state index contributed by atoms with van der Waals surface area (Å²) in [5.74, 6) is -0.232. The van der Waals surface area contributed by atoms with E-state index >= 15 is 0 Å². The highest BCUT2D eigenvalue weighted by Crippen LogP contribution is 2.31. The zero-order valence-electron chi connectivity index (χ0n) is 7.66. The van der Waals surface area contributed by atoms with E-state index in [0.29, 0.717) is 6.42 Å². The molecule has 1 saturated heterocycles. The van der Waals surface area contributed by atoms with Crippen molar-refractivity contribution in [2.24, 2.45) is 0 Å². The van der Waals surface area contributed by atoms with Crippen molar-refractivity contribution in [3.8, 4) is 0 Å². The van der Waals surface area contributed by atoms with Gasteiger partial charge >= 0.3 is 6.03 Å². The molecule has 2 N–H and O–H groups in total. The molecule has 3 amide bonds. The van der Waals surface area contributed by atoms with E-state index < -0.39 is 14.2 Å². The Kier molecular flexibility index (Phi) is 3.63. The number of hydrogen-bond donors (Lipinski definition) is 2. The van der Waals surface area contributed by atoms with Crippen LogP contribution in [-0.2, 0) is 9.32 Å². The van der Waals surface area contributed by atoms with Gasteiger partial charge in [0, 0.05) is 15.3 Å². The van der Waals surface area contributed by atoms with Gasteiger partial charge in [-0.25, -0.2) is 4.79 Å². The Labute approximate surface area is 78.0 Å². The van der Waals surface area contributed by atoms with E-state index in [1.807, 2.05) is 6.66 Å². The number of carbonyl (C=O) groups excluding carboxylic acids is 2. The summed E-state index contributed by atoms with van der Waals surface area (Å²) in [6, 6.07) is -0.763. The Morgan fingerprint density at radius 1 is 1.54 bits per heavy atom. The molecule has 0 aromatic carbocycles. The minimum Gasteiger partial charge on any atom is -0.363 e. The second-order valence-corrected chi connectivity index (χ2v) is 4.91. The summed E-state index contributed by atoms with van der Waals surface area (Å²) in [5.41, 5.74) is 0. The van der Waals surface area contributed by atoms with Crippen LogP contribution in [0.4, 0.5) is 4.79 Å².